The van der Waals surface area contributed by atoms with Gasteiger partial charge in [-0.15, -0.1) is 0 Å². The van der Waals surface area contributed by atoms with Crippen molar-refractivity contribution in [3.8, 4) is 17.2 Å². The van der Waals surface area contributed by atoms with E-state index >= 15 is 0 Å². The van der Waals surface area contributed by atoms with Crippen molar-refractivity contribution in [3.63, 3.8) is 0 Å². The van der Waals surface area contributed by atoms with Crippen LogP contribution in [0.2, 0.25) is 0 Å². The zero-order chi connectivity index (χ0) is 29.6. The van der Waals surface area contributed by atoms with E-state index < -0.39 is 41.2 Å². The van der Waals surface area contributed by atoms with E-state index in [1.165, 1.54) is 57.5 Å². The molecule has 10 heteroatoms. The minimum atomic E-state index is -1.87. The van der Waals surface area contributed by atoms with E-state index in [4.69, 9.17) is 9.47 Å². The van der Waals surface area contributed by atoms with Gasteiger partial charge in [-0.2, -0.15) is 0 Å². The zero-order valence-corrected chi connectivity index (χ0v) is 23.0. The van der Waals surface area contributed by atoms with E-state index in [1.807, 2.05) is 0 Å². The van der Waals surface area contributed by atoms with Crippen molar-refractivity contribution in [2.75, 3.05) is 19.1 Å². The number of rotatable bonds is 8. The molecule has 2 fully saturated rings. The summed E-state index contributed by atoms with van der Waals surface area (Å²) in [6, 6.07) is 14.6. The largest absolute Gasteiger partial charge is 0.508 e. The molecule has 2 aliphatic heterocycles. The Hall–Kier alpha value is -4.70. The maximum Gasteiger partial charge on any atom is 0.325 e. The Morgan fingerprint density at radius 2 is 1.61 bits per heavy atom. The molecule has 3 aromatic rings. The minimum Gasteiger partial charge on any atom is -0.508 e. The predicted molar refractivity (Wildman–Crippen MR) is 148 cm³/mol. The number of Topliss-reactive ketones (excluding diaryl/α,β-unsaturated/α-hetero) is 1. The van der Waals surface area contributed by atoms with Gasteiger partial charge in [0.1, 0.15) is 22.8 Å². The Bertz CT molecular complexity index is 1550. The van der Waals surface area contributed by atoms with Crippen LogP contribution in [0.4, 0.5) is 5.69 Å². The van der Waals surface area contributed by atoms with Gasteiger partial charge in [-0.25, -0.2) is 4.90 Å². The molecular formula is C31H30N2O8. The zero-order valence-electron chi connectivity index (χ0n) is 23.0. The van der Waals surface area contributed by atoms with Crippen LogP contribution in [0, 0.1) is 18.8 Å². The summed E-state index contributed by atoms with van der Waals surface area (Å²) in [4.78, 5) is 54.2. The van der Waals surface area contributed by atoms with E-state index in [2.05, 4.69) is 5.32 Å². The molecule has 3 N–H and O–H groups in total. The number of ketones is 1. The first-order chi connectivity index (χ1) is 19.5. The molecule has 4 atom stereocenters. The fraction of sp³-hybridized carbons (Fsp3) is 0.290. The van der Waals surface area contributed by atoms with Crippen molar-refractivity contribution in [2.24, 2.45) is 11.8 Å². The lowest BCUT2D eigenvalue weighted by Gasteiger charge is -2.31. The fourth-order valence-electron chi connectivity index (χ4n) is 6.17. The van der Waals surface area contributed by atoms with Gasteiger partial charge >= 0.3 is 5.97 Å². The molecule has 2 aliphatic rings. The summed E-state index contributed by atoms with van der Waals surface area (Å²) in [7, 11) is 3.00. The summed E-state index contributed by atoms with van der Waals surface area (Å²) in [5.74, 6) is -4.05. The first kappa shape index (κ1) is 27.9. The van der Waals surface area contributed by atoms with Crippen molar-refractivity contribution in [1.82, 2.24) is 5.32 Å². The number of carbonyl (C=O) groups is 4. The van der Waals surface area contributed by atoms with Gasteiger partial charge in [0.15, 0.2) is 5.78 Å². The van der Waals surface area contributed by atoms with Gasteiger partial charge in [-0.3, -0.25) is 24.5 Å². The Labute approximate surface area is 236 Å². The number of nitrogens with zero attached hydrogens (tertiary/aromatic N) is 1. The number of anilines is 1. The number of carboxylic acids is 1. The maximum absolute atomic E-state index is 14.1. The number of phenolic OH excluding ortho intramolecular Hbond substituents is 1. The SMILES string of the molecule is COc1ccc(C2NC(Cc3ccc(O)cc3)(C(=O)O)C3C(=O)N(c4ccc(C(C)=O)cc4)C(=O)C23)c(OC)c1C. The summed E-state index contributed by atoms with van der Waals surface area (Å²) in [6.45, 7) is 3.20. The Kier molecular flexibility index (Phi) is 7.04. The quantitative estimate of drug-likeness (QED) is 0.280. The van der Waals surface area contributed by atoms with Crippen molar-refractivity contribution < 1.29 is 38.9 Å². The van der Waals surface area contributed by atoms with Crippen molar-refractivity contribution in [1.29, 1.82) is 0 Å². The third kappa shape index (κ3) is 4.40. The smallest absolute Gasteiger partial charge is 0.325 e. The normalized spacial score (nSPS) is 23.4. The second-order valence-electron chi connectivity index (χ2n) is 10.4. The average molecular weight is 559 g/mol. The van der Waals surface area contributed by atoms with E-state index in [1.54, 1.807) is 31.2 Å². The number of hydrogen-bond donors (Lipinski definition) is 3. The molecule has 41 heavy (non-hydrogen) atoms. The number of amides is 2. The molecular weight excluding hydrogens is 528 g/mol. The molecule has 2 amide bonds. The number of aromatic hydroxyl groups is 1. The van der Waals surface area contributed by atoms with E-state index in [0.29, 0.717) is 33.8 Å². The third-order valence-corrected chi connectivity index (χ3v) is 8.13. The van der Waals surface area contributed by atoms with E-state index in [-0.39, 0.29) is 23.6 Å². The van der Waals surface area contributed by atoms with Gasteiger partial charge in [-0.05, 0) is 61.9 Å². The van der Waals surface area contributed by atoms with Gasteiger partial charge in [0, 0.05) is 29.2 Å². The van der Waals surface area contributed by atoms with Crippen LogP contribution in [0.3, 0.4) is 0 Å². The summed E-state index contributed by atoms with van der Waals surface area (Å²) in [5, 5.41) is 23.7. The maximum atomic E-state index is 14.1. The van der Waals surface area contributed by atoms with Gasteiger partial charge in [0.25, 0.3) is 0 Å². The van der Waals surface area contributed by atoms with Crippen molar-refractivity contribution in [3.05, 3.63) is 82.9 Å². The molecule has 0 aromatic heterocycles. The van der Waals surface area contributed by atoms with Crippen LogP contribution in [-0.2, 0) is 20.8 Å². The molecule has 3 aromatic carbocycles. The fourth-order valence-corrected chi connectivity index (χ4v) is 6.17. The van der Waals surface area contributed by atoms with Crippen LogP contribution in [0.1, 0.15) is 40.0 Å². The second kappa shape index (κ2) is 10.4. The molecule has 212 valence electrons. The van der Waals surface area contributed by atoms with Crippen molar-refractivity contribution in [2.45, 2.75) is 31.8 Å². The number of imide groups is 1. The average Bonchev–Trinajstić information content (AvgIpc) is 3.43. The van der Waals surface area contributed by atoms with Crippen molar-refractivity contribution >= 4 is 29.3 Å². The summed E-state index contributed by atoms with van der Waals surface area (Å²) >= 11 is 0. The second-order valence-corrected chi connectivity index (χ2v) is 10.4. The Morgan fingerprint density at radius 3 is 2.17 bits per heavy atom. The van der Waals surface area contributed by atoms with Crippen LogP contribution < -0.4 is 19.7 Å². The molecule has 0 saturated carbocycles. The summed E-state index contributed by atoms with van der Waals surface area (Å²) < 4.78 is 11.1. The summed E-state index contributed by atoms with van der Waals surface area (Å²) in [5.41, 5.74) is 0.527. The highest BCUT2D eigenvalue weighted by Crippen LogP contribution is 2.53. The van der Waals surface area contributed by atoms with Gasteiger partial charge in [0.2, 0.25) is 11.8 Å². The number of carboxylic acid groups (broad SMARTS) is 1. The van der Waals surface area contributed by atoms with Crippen LogP contribution in [0.25, 0.3) is 0 Å². The van der Waals surface area contributed by atoms with E-state index in [0.717, 1.165) is 4.90 Å². The Balaban J connectivity index is 1.68. The van der Waals surface area contributed by atoms with Crippen LogP contribution in [0.15, 0.2) is 60.7 Å². The molecule has 0 bridgehead atoms. The Morgan fingerprint density at radius 1 is 0.951 bits per heavy atom. The first-order valence-electron chi connectivity index (χ1n) is 13.0. The molecule has 4 unspecified atom stereocenters. The lowest BCUT2D eigenvalue weighted by molar-refractivity contribution is -0.148. The minimum absolute atomic E-state index is 0.0130. The molecule has 0 aliphatic carbocycles. The highest BCUT2D eigenvalue weighted by atomic mass is 16.5. The number of fused-ring (bicyclic) bond motifs is 1. The highest BCUT2D eigenvalue weighted by molar-refractivity contribution is 6.24. The molecule has 2 heterocycles. The number of methoxy groups -OCH3 is 2. The van der Waals surface area contributed by atoms with Crippen LogP contribution >= 0.6 is 0 Å². The molecule has 0 radical (unpaired) electrons. The highest BCUT2D eigenvalue weighted by Gasteiger charge is 2.69. The lowest BCUT2D eigenvalue weighted by Crippen LogP contribution is -2.57. The number of hydrogen-bond acceptors (Lipinski definition) is 8. The third-order valence-electron chi connectivity index (χ3n) is 8.13. The topological polar surface area (TPSA) is 142 Å². The van der Waals surface area contributed by atoms with Crippen LogP contribution in [-0.4, -0.2) is 53.5 Å². The number of nitrogens with one attached hydrogen (secondary N) is 1. The molecule has 0 spiro atoms. The van der Waals surface area contributed by atoms with Gasteiger partial charge < -0.3 is 19.7 Å². The number of benzene rings is 3. The standard InChI is InChI=1S/C31H30N2O8/c1-16-23(40-3)14-13-22(27(16)41-4)26-24-25(31(32-26,30(38)39)15-18-5-11-21(35)12-6-18)29(37)33(28(24)36)20-9-7-19(8-10-20)17(2)34/h5-14,24-26,32,35H,15H2,1-4H3,(H,38,39). The number of phenols is 1. The number of ether oxygens (including phenoxy) is 2. The molecule has 5 rings (SSSR count). The molecule has 10 nitrogen and oxygen atoms in total. The van der Waals surface area contributed by atoms with Gasteiger partial charge in [0.05, 0.1) is 31.7 Å². The van der Waals surface area contributed by atoms with Gasteiger partial charge in [-0.1, -0.05) is 18.2 Å². The van der Waals surface area contributed by atoms with E-state index in [9.17, 15) is 29.4 Å². The molecule has 2 saturated heterocycles. The number of aliphatic carboxylic acids is 1. The van der Waals surface area contributed by atoms with Crippen LogP contribution in [0.5, 0.6) is 17.2 Å². The first-order valence-corrected chi connectivity index (χ1v) is 13.0. The predicted octanol–water partition coefficient (Wildman–Crippen LogP) is 3.44. The lowest BCUT2D eigenvalue weighted by atomic mass is 9.76. The monoisotopic (exact) mass is 558 g/mol. The number of carbonyl (C=O) groups excluding carboxylic acids is 3. The summed E-state index contributed by atoms with van der Waals surface area (Å²) in [6.07, 6.45) is -0.131.